The number of carboxylic acid groups (broad SMARTS) is 1. The minimum absolute atomic E-state index is 0.142. The summed E-state index contributed by atoms with van der Waals surface area (Å²) in [5, 5.41) is 14.2. The van der Waals surface area contributed by atoms with Crippen molar-refractivity contribution in [1.29, 1.82) is 0 Å². The van der Waals surface area contributed by atoms with Crippen LogP contribution in [0.25, 0.3) is 0 Å². The predicted octanol–water partition coefficient (Wildman–Crippen LogP) is 0.394. The van der Waals surface area contributed by atoms with Crippen LogP contribution in [-0.4, -0.2) is 29.8 Å². The molecule has 1 rings (SSSR count). The Hall–Kier alpha value is -0.770. The highest BCUT2D eigenvalue weighted by Crippen LogP contribution is 2.07. The molecule has 0 saturated carbocycles. The number of amides is 1. The monoisotopic (exact) mass is 158 g/mol. The van der Waals surface area contributed by atoms with Gasteiger partial charge in [-0.05, 0) is 26.3 Å². The van der Waals surface area contributed by atoms with E-state index in [-0.39, 0.29) is 6.04 Å². The van der Waals surface area contributed by atoms with E-state index in [1.807, 2.05) is 0 Å². The molecule has 0 spiro atoms. The van der Waals surface area contributed by atoms with Crippen molar-refractivity contribution in [3.05, 3.63) is 0 Å². The Bertz CT molecular complexity index is 149. The van der Waals surface area contributed by atoms with Gasteiger partial charge in [-0.3, -0.25) is 0 Å². The summed E-state index contributed by atoms with van der Waals surface area (Å²) in [4.78, 5) is 10.2. The third kappa shape index (κ3) is 2.76. The molecule has 0 aromatic heterocycles. The zero-order valence-corrected chi connectivity index (χ0v) is 6.63. The molecule has 1 amide bonds. The van der Waals surface area contributed by atoms with E-state index in [2.05, 4.69) is 17.6 Å². The average Bonchev–Trinajstić information content (AvgIpc) is 1.85. The maximum absolute atomic E-state index is 10.2. The zero-order chi connectivity index (χ0) is 8.27. The van der Waals surface area contributed by atoms with Gasteiger partial charge in [-0.15, -0.1) is 0 Å². The number of piperidine rings is 1. The van der Waals surface area contributed by atoms with E-state index in [1.54, 1.807) is 0 Å². The van der Waals surface area contributed by atoms with Gasteiger partial charge in [-0.25, -0.2) is 4.79 Å². The highest BCUT2D eigenvalue weighted by molar-refractivity contribution is 5.64. The molecule has 64 valence electrons. The lowest BCUT2D eigenvalue weighted by atomic mass is 10.0. The van der Waals surface area contributed by atoms with Crippen molar-refractivity contribution in [3.8, 4) is 0 Å². The highest BCUT2D eigenvalue weighted by Gasteiger charge is 2.18. The fourth-order valence-corrected chi connectivity index (χ4v) is 1.44. The van der Waals surface area contributed by atoms with Crippen LogP contribution in [0.5, 0.6) is 0 Å². The second-order valence-electron chi connectivity index (χ2n) is 3.03. The summed E-state index contributed by atoms with van der Waals surface area (Å²) in [7, 11) is 0. The summed E-state index contributed by atoms with van der Waals surface area (Å²) in [5.74, 6) is 0. The maximum atomic E-state index is 10.2. The molecule has 1 aliphatic heterocycles. The van der Waals surface area contributed by atoms with Crippen LogP contribution in [0.15, 0.2) is 0 Å². The molecule has 4 nitrogen and oxygen atoms in total. The maximum Gasteiger partial charge on any atom is 0.404 e. The van der Waals surface area contributed by atoms with Gasteiger partial charge < -0.3 is 15.7 Å². The lowest BCUT2D eigenvalue weighted by molar-refractivity contribution is 0.184. The summed E-state index contributed by atoms with van der Waals surface area (Å²) in [6, 6.07) is 0.573. The van der Waals surface area contributed by atoms with Crippen molar-refractivity contribution in [1.82, 2.24) is 10.6 Å². The lowest BCUT2D eigenvalue weighted by Gasteiger charge is -2.27. The molecule has 0 radical (unpaired) electrons. The molecule has 0 aliphatic carbocycles. The Kier molecular flexibility index (Phi) is 2.70. The number of nitrogens with one attached hydrogen (secondary N) is 2. The summed E-state index contributed by atoms with van der Waals surface area (Å²) >= 11 is 0. The SMILES string of the molecule is CC1CC(NC(=O)O)CCN1. The first-order chi connectivity index (χ1) is 5.18. The Labute approximate surface area is 66.0 Å². The molecule has 2 atom stereocenters. The van der Waals surface area contributed by atoms with Gasteiger partial charge in [0.2, 0.25) is 0 Å². The smallest absolute Gasteiger partial charge is 0.404 e. The van der Waals surface area contributed by atoms with E-state index in [4.69, 9.17) is 5.11 Å². The van der Waals surface area contributed by atoms with Crippen LogP contribution in [0, 0.1) is 0 Å². The average molecular weight is 158 g/mol. The minimum Gasteiger partial charge on any atom is -0.465 e. The van der Waals surface area contributed by atoms with Crippen LogP contribution in [0.2, 0.25) is 0 Å². The lowest BCUT2D eigenvalue weighted by Crippen LogP contribution is -2.46. The van der Waals surface area contributed by atoms with Crippen LogP contribution < -0.4 is 10.6 Å². The molecular formula is C7H14N2O2. The van der Waals surface area contributed by atoms with E-state index < -0.39 is 6.09 Å². The van der Waals surface area contributed by atoms with Crippen molar-refractivity contribution in [2.24, 2.45) is 0 Å². The Morgan fingerprint density at radius 2 is 2.45 bits per heavy atom. The zero-order valence-electron chi connectivity index (χ0n) is 6.63. The first-order valence-corrected chi connectivity index (χ1v) is 3.91. The van der Waals surface area contributed by atoms with Gasteiger partial charge in [0.25, 0.3) is 0 Å². The van der Waals surface area contributed by atoms with E-state index >= 15 is 0 Å². The van der Waals surface area contributed by atoms with Crippen LogP contribution >= 0.6 is 0 Å². The molecule has 1 fully saturated rings. The third-order valence-corrected chi connectivity index (χ3v) is 1.95. The van der Waals surface area contributed by atoms with E-state index in [0.717, 1.165) is 19.4 Å². The second-order valence-corrected chi connectivity index (χ2v) is 3.03. The van der Waals surface area contributed by atoms with Crippen LogP contribution in [-0.2, 0) is 0 Å². The van der Waals surface area contributed by atoms with Gasteiger partial charge >= 0.3 is 6.09 Å². The van der Waals surface area contributed by atoms with Gasteiger partial charge in [0.15, 0.2) is 0 Å². The topological polar surface area (TPSA) is 61.4 Å². The van der Waals surface area contributed by atoms with Gasteiger partial charge in [0.05, 0.1) is 0 Å². The Morgan fingerprint density at radius 3 is 3.00 bits per heavy atom. The number of rotatable bonds is 1. The van der Waals surface area contributed by atoms with Crippen LogP contribution in [0.3, 0.4) is 0 Å². The minimum atomic E-state index is -0.913. The molecular weight excluding hydrogens is 144 g/mol. The molecule has 0 aromatic carbocycles. The third-order valence-electron chi connectivity index (χ3n) is 1.95. The molecule has 2 unspecified atom stereocenters. The standard InChI is InChI=1S/C7H14N2O2/c1-5-4-6(2-3-8-5)9-7(10)11/h5-6,8-9H,2-4H2,1H3,(H,10,11). The number of carbonyl (C=O) groups is 1. The molecule has 3 N–H and O–H groups in total. The second kappa shape index (κ2) is 3.57. The molecule has 1 heterocycles. The van der Waals surface area contributed by atoms with Crippen molar-refractivity contribution in [2.45, 2.75) is 31.8 Å². The number of hydrogen-bond donors (Lipinski definition) is 3. The Morgan fingerprint density at radius 1 is 1.73 bits per heavy atom. The summed E-state index contributed by atoms with van der Waals surface area (Å²) in [6.45, 7) is 2.97. The first-order valence-electron chi connectivity index (χ1n) is 3.91. The van der Waals surface area contributed by atoms with Gasteiger partial charge in [-0.2, -0.15) is 0 Å². The van der Waals surface area contributed by atoms with Crippen molar-refractivity contribution >= 4 is 6.09 Å². The highest BCUT2D eigenvalue weighted by atomic mass is 16.4. The molecule has 1 aliphatic rings. The molecule has 0 bridgehead atoms. The van der Waals surface area contributed by atoms with Crippen LogP contribution in [0.1, 0.15) is 19.8 Å². The summed E-state index contributed by atoms with van der Waals surface area (Å²) < 4.78 is 0. The number of hydrogen-bond acceptors (Lipinski definition) is 2. The molecule has 11 heavy (non-hydrogen) atoms. The van der Waals surface area contributed by atoms with E-state index in [1.165, 1.54) is 0 Å². The summed E-state index contributed by atoms with van der Waals surface area (Å²) in [5.41, 5.74) is 0. The van der Waals surface area contributed by atoms with Gasteiger partial charge in [0.1, 0.15) is 0 Å². The van der Waals surface area contributed by atoms with E-state index in [9.17, 15) is 4.79 Å². The fraction of sp³-hybridized carbons (Fsp3) is 0.857. The normalized spacial score (nSPS) is 31.4. The Balaban J connectivity index is 2.28. The molecule has 1 saturated heterocycles. The van der Waals surface area contributed by atoms with Gasteiger partial charge in [-0.1, -0.05) is 0 Å². The van der Waals surface area contributed by atoms with Crippen molar-refractivity contribution in [3.63, 3.8) is 0 Å². The van der Waals surface area contributed by atoms with Crippen LogP contribution in [0.4, 0.5) is 4.79 Å². The molecule has 4 heteroatoms. The largest absolute Gasteiger partial charge is 0.465 e. The van der Waals surface area contributed by atoms with Crippen molar-refractivity contribution in [2.75, 3.05) is 6.54 Å². The molecule has 0 aromatic rings. The predicted molar refractivity (Wildman–Crippen MR) is 41.6 cm³/mol. The summed E-state index contributed by atoms with van der Waals surface area (Å²) in [6.07, 6.45) is 0.882. The first kappa shape index (κ1) is 8.33. The fourth-order valence-electron chi connectivity index (χ4n) is 1.44. The van der Waals surface area contributed by atoms with Gasteiger partial charge in [0, 0.05) is 12.1 Å². The van der Waals surface area contributed by atoms with Crippen molar-refractivity contribution < 1.29 is 9.90 Å². The van der Waals surface area contributed by atoms with E-state index in [0.29, 0.717) is 6.04 Å². The quantitative estimate of drug-likeness (QED) is 0.517.